The minimum atomic E-state index is 0.180. The third-order valence-electron chi connectivity index (χ3n) is 4.26. The van der Waals surface area contributed by atoms with Gasteiger partial charge in [0.15, 0.2) is 6.29 Å². The average Bonchev–Trinajstić information content (AvgIpc) is 2.72. The lowest BCUT2D eigenvalue weighted by atomic mass is 9.94. The first-order valence-corrected chi connectivity index (χ1v) is 8.39. The van der Waals surface area contributed by atoms with Gasteiger partial charge in [-0.05, 0) is 24.1 Å². The van der Waals surface area contributed by atoms with Crippen LogP contribution in [0, 0.1) is 18.3 Å². The first-order chi connectivity index (χ1) is 13.2. The van der Waals surface area contributed by atoms with E-state index < -0.39 is 0 Å². The second-order valence-electron chi connectivity index (χ2n) is 5.92. The molecule has 2 aromatic carbocycles. The molecule has 0 aliphatic heterocycles. The van der Waals surface area contributed by atoms with Gasteiger partial charge in [-0.15, -0.1) is 0 Å². The average molecular weight is 358 g/mol. The van der Waals surface area contributed by atoms with Gasteiger partial charge in [0.1, 0.15) is 12.7 Å². The summed E-state index contributed by atoms with van der Waals surface area (Å²) in [7, 11) is 1.44. The normalized spacial score (nSPS) is 10.1. The number of methoxy groups -OCH3 is 1. The van der Waals surface area contributed by atoms with Crippen LogP contribution in [0.1, 0.15) is 27.0 Å². The molecule has 0 saturated carbocycles. The molecule has 0 N–H and O–H groups in total. The second-order valence-corrected chi connectivity index (χ2v) is 5.92. The Kier molecular flexibility index (Phi) is 5.48. The molecule has 1 aromatic heterocycles. The minimum absolute atomic E-state index is 0.180. The Morgan fingerprint density at radius 2 is 1.85 bits per heavy atom. The number of pyridine rings is 1. The first-order valence-electron chi connectivity index (χ1n) is 8.39. The second kappa shape index (κ2) is 8.15. The number of carbonyl (C=O) groups is 1. The van der Waals surface area contributed by atoms with E-state index in [2.05, 4.69) is 11.1 Å². The van der Waals surface area contributed by atoms with Crippen molar-refractivity contribution in [2.75, 3.05) is 7.11 Å². The first kappa shape index (κ1) is 18.2. The van der Waals surface area contributed by atoms with Gasteiger partial charge < -0.3 is 9.47 Å². The van der Waals surface area contributed by atoms with E-state index in [4.69, 9.17) is 9.47 Å². The molecule has 3 rings (SSSR count). The molecule has 0 unspecified atom stereocenters. The largest absolute Gasteiger partial charge is 0.480 e. The molecular weight excluding hydrogens is 340 g/mol. The van der Waals surface area contributed by atoms with E-state index in [9.17, 15) is 10.1 Å². The lowest BCUT2D eigenvalue weighted by Crippen LogP contribution is -2.03. The monoisotopic (exact) mass is 358 g/mol. The molecule has 134 valence electrons. The molecule has 0 amide bonds. The standard InChI is InChI=1S/C22H18N2O3/c1-15-6-3-4-8-18(15)19-9-5-7-17(20(19)12-23)14-27-21-11-10-16(13-25)22(24-21)26-2/h3-11,13H,14H2,1-2H3. The topological polar surface area (TPSA) is 72.2 Å². The van der Waals surface area contributed by atoms with Crippen molar-refractivity contribution >= 4 is 6.29 Å². The Morgan fingerprint density at radius 1 is 1.07 bits per heavy atom. The van der Waals surface area contributed by atoms with E-state index in [1.165, 1.54) is 7.11 Å². The quantitative estimate of drug-likeness (QED) is 0.613. The highest BCUT2D eigenvalue weighted by molar-refractivity contribution is 5.78. The van der Waals surface area contributed by atoms with Crippen LogP contribution in [-0.2, 0) is 6.61 Å². The number of rotatable bonds is 6. The van der Waals surface area contributed by atoms with Crippen LogP contribution in [0.2, 0.25) is 0 Å². The fourth-order valence-electron chi connectivity index (χ4n) is 2.87. The molecule has 3 aromatic rings. The van der Waals surface area contributed by atoms with Gasteiger partial charge in [-0.25, -0.2) is 0 Å². The van der Waals surface area contributed by atoms with Crippen molar-refractivity contribution in [3.05, 3.63) is 76.9 Å². The predicted molar refractivity (Wildman–Crippen MR) is 102 cm³/mol. The molecule has 0 aliphatic carbocycles. The zero-order valence-corrected chi connectivity index (χ0v) is 15.1. The summed E-state index contributed by atoms with van der Waals surface area (Å²) in [5.74, 6) is 0.527. The van der Waals surface area contributed by atoms with Crippen LogP contribution >= 0.6 is 0 Å². The van der Waals surface area contributed by atoms with Crippen molar-refractivity contribution in [3.63, 3.8) is 0 Å². The van der Waals surface area contributed by atoms with Gasteiger partial charge in [0.25, 0.3) is 0 Å². The van der Waals surface area contributed by atoms with Gasteiger partial charge in [-0.2, -0.15) is 10.2 Å². The number of aromatic nitrogens is 1. The maximum Gasteiger partial charge on any atom is 0.227 e. The van der Waals surface area contributed by atoms with Gasteiger partial charge in [-0.3, -0.25) is 4.79 Å². The molecule has 5 nitrogen and oxygen atoms in total. The summed E-state index contributed by atoms with van der Waals surface area (Å²) < 4.78 is 10.8. The molecule has 0 bridgehead atoms. The van der Waals surface area contributed by atoms with Crippen molar-refractivity contribution < 1.29 is 14.3 Å². The fourth-order valence-corrected chi connectivity index (χ4v) is 2.87. The molecule has 0 aliphatic rings. The van der Waals surface area contributed by atoms with Crippen LogP contribution in [0.5, 0.6) is 11.8 Å². The molecule has 0 fully saturated rings. The van der Waals surface area contributed by atoms with Crippen LogP contribution in [0.25, 0.3) is 11.1 Å². The van der Waals surface area contributed by atoms with Crippen LogP contribution in [-0.4, -0.2) is 18.4 Å². The number of nitrogens with zero attached hydrogens (tertiary/aromatic N) is 2. The number of nitriles is 1. The predicted octanol–water partition coefficient (Wildman–Crippen LogP) is 4.33. The minimum Gasteiger partial charge on any atom is -0.480 e. The Balaban J connectivity index is 1.90. The van der Waals surface area contributed by atoms with Crippen LogP contribution in [0.3, 0.4) is 0 Å². The fraction of sp³-hybridized carbons (Fsp3) is 0.136. The van der Waals surface area contributed by atoms with Crippen molar-refractivity contribution in [1.29, 1.82) is 5.26 Å². The summed E-state index contributed by atoms with van der Waals surface area (Å²) in [6.45, 7) is 2.20. The van der Waals surface area contributed by atoms with E-state index in [1.54, 1.807) is 12.1 Å². The molecular formula is C22H18N2O3. The number of aldehydes is 1. The number of ether oxygens (including phenoxy) is 2. The van der Waals surface area contributed by atoms with E-state index >= 15 is 0 Å². The number of hydrogen-bond acceptors (Lipinski definition) is 5. The summed E-state index contributed by atoms with van der Waals surface area (Å²) in [6.07, 6.45) is 0.676. The van der Waals surface area contributed by atoms with Crippen LogP contribution < -0.4 is 9.47 Å². The SMILES string of the molecule is COc1nc(OCc2cccc(-c3ccccc3C)c2C#N)ccc1C=O. The van der Waals surface area contributed by atoms with Gasteiger partial charge >= 0.3 is 0 Å². The van der Waals surface area contributed by atoms with Gasteiger partial charge in [0.2, 0.25) is 11.8 Å². The zero-order valence-electron chi connectivity index (χ0n) is 15.1. The zero-order chi connectivity index (χ0) is 19.2. The molecule has 0 spiro atoms. The summed E-state index contributed by atoms with van der Waals surface area (Å²) in [6, 6.07) is 19.1. The maximum absolute atomic E-state index is 11.0. The van der Waals surface area contributed by atoms with Gasteiger partial charge in [-0.1, -0.05) is 42.5 Å². The number of carbonyl (C=O) groups excluding carboxylic acids is 1. The van der Waals surface area contributed by atoms with E-state index in [0.717, 1.165) is 22.3 Å². The molecule has 0 radical (unpaired) electrons. The molecule has 1 heterocycles. The highest BCUT2D eigenvalue weighted by Gasteiger charge is 2.13. The summed E-state index contributed by atoms with van der Waals surface area (Å²) >= 11 is 0. The highest BCUT2D eigenvalue weighted by atomic mass is 16.5. The van der Waals surface area contributed by atoms with E-state index in [0.29, 0.717) is 23.3 Å². The van der Waals surface area contributed by atoms with Crippen molar-refractivity contribution in [2.24, 2.45) is 0 Å². The number of hydrogen-bond donors (Lipinski definition) is 0. The Bertz CT molecular complexity index is 1020. The van der Waals surface area contributed by atoms with Crippen LogP contribution in [0.4, 0.5) is 0 Å². The number of benzene rings is 2. The molecule has 27 heavy (non-hydrogen) atoms. The Morgan fingerprint density at radius 3 is 2.56 bits per heavy atom. The Labute approximate surface area is 157 Å². The van der Waals surface area contributed by atoms with E-state index in [-0.39, 0.29) is 12.5 Å². The number of aryl methyl sites for hydroxylation is 1. The van der Waals surface area contributed by atoms with Crippen molar-refractivity contribution in [1.82, 2.24) is 4.98 Å². The van der Waals surface area contributed by atoms with E-state index in [1.807, 2.05) is 49.4 Å². The van der Waals surface area contributed by atoms with Crippen LogP contribution in [0.15, 0.2) is 54.6 Å². The summed E-state index contributed by atoms with van der Waals surface area (Å²) in [5.41, 5.74) is 4.68. The maximum atomic E-state index is 11.0. The molecule has 0 saturated heterocycles. The lowest BCUT2D eigenvalue weighted by molar-refractivity contribution is 0.111. The summed E-state index contributed by atoms with van der Waals surface area (Å²) in [4.78, 5) is 15.1. The van der Waals surface area contributed by atoms with Crippen molar-refractivity contribution in [2.45, 2.75) is 13.5 Å². The summed E-state index contributed by atoms with van der Waals surface area (Å²) in [5, 5.41) is 9.72. The highest BCUT2D eigenvalue weighted by Crippen LogP contribution is 2.29. The Hall–Kier alpha value is -3.65. The lowest BCUT2D eigenvalue weighted by Gasteiger charge is -2.13. The van der Waals surface area contributed by atoms with Crippen molar-refractivity contribution in [3.8, 4) is 29.0 Å². The molecule has 5 heteroatoms. The van der Waals surface area contributed by atoms with Gasteiger partial charge in [0, 0.05) is 17.2 Å². The molecule has 0 atom stereocenters. The smallest absolute Gasteiger partial charge is 0.227 e. The third kappa shape index (κ3) is 3.80. The van der Waals surface area contributed by atoms with Gasteiger partial charge in [0.05, 0.1) is 18.2 Å². The third-order valence-corrected chi connectivity index (χ3v) is 4.26.